The van der Waals surface area contributed by atoms with Crippen LogP contribution in [0.15, 0.2) is 22.6 Å². The maximum absolute atomic E-state index is 12.8. The summed E-state index contributed by atoms with van der Waals surface area (Å²) in [5.41, 5.74) is 3.65. The van der Waals surface area contributed by atoms with E-state index in [1.54, 1.807) is 6.92 Å². The molecule has 30 heavy (non-hydrogen) atoms. The Morgan fingerprint density at radius 3 is 2.70 bits per heavy atom. The Balaban J connectivity index is 1.49. The summed E-state index contributed by atoms with van der Waals surface area (Å²) in [6, 6.07) is 5.61. The first-order valence-electron chi connectivity index (χ1n) is 10.7. The number of nitrogens with zero attached hydrogens (tertiary/aromatic N) is 1. The Labute approximate surface area is 176 Å². The van der Waals surface area contributed by atoms with Crippen LogP contribution in [0.1, 0.15) is 72.4 Å². The number of oxazole rings is 1. The number of amides is 2. The van der Waals surface area contributed by atoms with E-state index in [2.05, 4.69) is 21.7 Å². The topological polar surface area (TPSA) is 93.5 Å². The first kappa shape index (κ1) is 20.6. The molecule has 1 aromatic carbocycles. The highest BCUT2D eigenvalue weighted by Crippen LogP contribution is 2.27. The zero-order chi connectivity index (χ0) is 21.3. The number of nitrogens with one attached hydrogen (secondary N) is 2. The number of fused-ring (bicyclic) bond motifs is 1. The molecule has 0 saturated carbocycles. The molecule has 1 aliphatic heterocycles. The van der Waals surface area contributed by atoms with E-state index < -0.39 is 12.1 Å². The molecular formula is C23H29N3O4. The molecule has 1 aromatic heterocycles. The fraction of sp³-hybridized carbons (Fsp3) is 0.522. The molecule has 160 valence electrons. The van der Waals surface area contributed by atoms with Gasteiger partial charge in [0, 0.05) is 12.3 Å². The van der Waals surface area contributed by atoms with Gasteiger partial charge in [-0.3, -0.25) is 9.59 Å². The summed E-state index contributed by atoms with van der Waals surface area (Å²) in [7, 11) is 0. The lowest BCUT2D eigenvalue weighted by Crippen LogP contribution is -2.39. The van der Waals surface area contributed by atoms with Gasteiger partial charge in [-0.1, -0.05) is 19.9 Å². The lowest BCUT2D eigenvalue weighted by Gasteiger charge is -2.21. The van der Waals surface area contributed by atoms with Crippen LogP contribution in [0.25, 0.3) is 0 Å². The normalized spacial score (nSPS) is 19.0. The van der Waals surface area contributed by atoms with E-state index >= 15 is 0 Å². The van der Waals surface area contributed by atoms with Crippen molar-refractivity contribution in [3.63, 3.8) is 0 Å². The van der Waals surface area contributed by atoms with Gasteiger partial charge in [0.1, 0.15) is 17.9 Å². The third-order valence-electron chi connectivity index (χ3n) is 5.84. The quantitative estimate of drug-likeness (QED) is 0.756. The predicted molar refractivity (Wildman–Crippen MR) is 112 cm³/mol. The number of hydrogen-bond acceptors (Lipinski definition) is 5. The zero-order valence-electron chi connectivity index (χ0n) is 17.8. The molecule has 7 nitrogen and oxygen atoms in total. The van der Waals surface area contributed by atoms with Gasteiger partial charge in [-0.25, -0.2) is 4.98 Å². The monoisotopic (exact) mass is 411 g/mol. The van der Waals surface area contributed by atoms with Crippen molar-refractivity contribution in [1.82, 2.24) is 10.3 Å². The van der Waals surface area contributed by atoms with Crippen LogP contribution >= 0.6 is 0 Å². The predicted octanol–water partition coefficient (Wildman–Crippen LogP) is 3.72. The Bertz CT molecular complexity index is 944. The van der Waals surface area contributed by atoms with Crippen LogP contribution in [-0.2, 0) is 22.4 Å². The van der Waals surface area contributed by atoms with Crippen LogP contribution in [0.5, 0.6) is 0 Å². The van der Waals surface area contributed by atoms with Gasteiger partial charge in [0.2, 0.25) is 11.8 Å². The van der Waals surface area contributed by atoms with Crippen LogP contribution in [-0.4, -0.2) is 29.5 Å². The van der Waals surface area contributed by atoms with Gasteiger partial charge in [-0.15, -0.1) is 0 Å². The average Bonchev–Trinajstić information content (AvgIpc) is 3.45. The molecule has 1 fully saturated rings. The Kier molecular flexibility index (Phi) is 5.90. The molecule has 4 rings (SSSR count). The summed E-state index contributed by atoms with van der Waals surface area (Å²) in [5.74, 6) is 0.342. The summed E-state index contributed by atoms with van der Waals surface area (Å²) < 4.78 is 11.3. The minimum atomic E-state index is -0.429. The molecule has 0 bridgehead atoms. The molecule has 2 aliphatic rings. The fourth-order valence-corrected chi connectivity index (χ4v) is 4.14. The van der Waals surface area contributed by atoms with Crippen LogP contribution in [0, 0.1) is 12.8 Å². The van der Waals surface area contributed by atoms with E-state index in [1.165, 1.54) is 11.1 Å². The molecule has 2 N–H and O–H groups in total. The highest BCUT2D eigenvalue weighted by molar-refractivity contribution is 6.03. The van der Waals surface area contributed by atoms with Crippen molar-refractivity contribution >= 4 is 17.5 Å². The second-order valence-electron chi connectivity index (χ2n) is 8.48. The molecule has 2 atom stereocenters. The third kappa shape index (κ3) is 4.26. The van der Waals surface area contributed by atoms with Crippen LogP contribution < -0.4 is 10.6 Å². The number of carbonyl (C=O) groups is 2. The van der Waals surface area contributed by atoms with Crippen LogP contribution in [0.4, 0.5) is 5.69 Å². The summed E-state index contributed by atoms with van der Waals surface area (Å²) in [6.07, 6.45) is 4.48. The minimum Gasteiger partial charge on any atom is -0.443 e. The van der Waals surface area contributed by atoms with Gasteiger partial charge in [-0.2, -0.15) is 0 Å². The van der Waals surface area contributed by atoms with Gasteiger partial charge in [0.25, 0.3) is 5.91 Å². The van der Waals surface area contributed by atoms with Gasteiger partial charge in [0.05, 0.1) is 0 Å². The highest BCUT2D eigenvalue weighted by Gasteiger charge is 2.31. The van der Waals surface area contributed by atoms with Crippen molar-refractivity contribution in [2.45, 2.75) is 65.0 Å². The molecule has 0 radical (unpaired) electrons. The molecule has 0 spiro atoms. The standard InChI is InChI=1S/C23H29N3O4/c1-13(2)19(25-21(27)18-8-5-11-29-18)23-26-20(14(3)30-23)22(28)24-17-10-9-15-6-4-7-16(15)12-17/h9-10,12-13,18-19H,4-8,11H2,1-3H3,(H,24,28)(H,25,27)/t18-,19-/m1/s1. The van der Waals surface area contributed by atoms with Crippen molar-refractivity contribution in [2.75, 3.05) is 11.9 Å². The molecule has 0 unspecified atom stereocenters. The minimum absolute atomic E-state index is 0.0426. The Morgan fingerprint density at radius 1 is 1.17 bits per heavy atom. The van der Waals surface area contributed by atoms with E-state index in [0.717, 1.165) is 37.8 Å². The lowest BCUT2D eigenvalue weighted by atomic mass is 10.0. The Morgan fingerprint density at radius 2 is 1.97 bits per heavy atom. The first-order valence-corrected chi connectivity index (χ1v) is 10.7. The molecule has 2 amide bonds. The van der Waals surface area contributed by atoms with Crippen molar-refractivity contribution < 1.29 is 18.7 Å². The second kappa shape index (κ2) is 8.60. The van der Waals surface area contributed by atoms with Crippen LogP contribution in [0.2, 0.25) is 0 Å². The molecule has 1 saturated heterocycles. The summed E-state index contributed by atoms with van der Waals surface area (Å²) in [6.45, 7) is 6.28. The van der Waals surface area contributed by atoms with Crippen molar-refractivity contribution in [3.8, 4) is 0 Å². The zero-order valence-corrected chi connectivity index (χ0v) is 17.8. The fourth-order valence-electron chi connectivity index (χ4n) is 4.14. The van der Waals surface area contributed by atoms with Crippen molar-refractivity contribution in [3.05, 3.63) is 46.7 Å². The summed E-state index contributed by atoms with van der Waals surface area (Å²) >= 11 is 0. The van der Waals surface area contributed by atoms with Gasteiger partial charge in [-0.05, 0) is 68.2 Å². The SMILES string of the molecule is Cc1oc([C@H](NC(=O)[C@H]2CCCO2)C(C)C)nc1C(=O)Nc1ccc2c(c1)CCC2. The van der Waals surface area contributed by atoms with Gasteiger partial charge < -0.3 is 19.8 Å². The van der Waals surface area contributed by atoms with E-state index in [0.29, 0.717) is 18.3 Å². The number of carbonyl (C=O) groups excluding carboxylic acids is 2. The molecule has 2 heterocycles. The van der Waals surface area contributed by atoms with E-state index in [1.807, 2.05) is 26.0 Å². The van der Waals surface area contributed by atoms with Crippen molar-refractivity contribution in [2.24, 2.45) is 5.92 Å². The lowest BCUT2D eigenvalue weighted by molar-refractivity contribution is -0.131. The molecular weight excluding hydrogens is 382 g/mol. The third-order valence-corrected chi connectivity index (χ3v) is 5.84. The van der Waals surface area contributed by atoms with Gasteiger partial charge >= 0.3 is 0 Å². The number of ether oxygens (including phenoxy) is 1. The second-order valence-corrected chi connectivity index (χ2v) is 8.48. The smallest absolute Gasteiger partial charge is 0.277 e. The summed E-state index contributed by atoms with van der Waals surface area (Å²) in [4.78, 5) is 29.8. The van der Waals surface area contributed by atoms with Gasteiger partial charge in [0.15, 0.2) is 5.69 Å². The van der Waals surface area contributed by atoms with Crippen LogP contribution in [0.3, 0.4) is 0 Å². The maximum Gasteiger partial charge on any atom is 0.277 e. The average molecular weight is 412 g/mol. The number of aryl methyl sites for hydroxylation is 3. The maximum atomic E-state index is 12.8. The summed E-state index contributed by atoms with van der Waals surface area (Å²) in [5, 5.41) is 5.91. The van der Waals surface area contributed by atoms with E-state index in [9.17, 15) is 9.59 Å². The Hall–Kier alpha value is -2.67. The van der Waals surface area contributed by atoms with E-state index in [-0.39, 0.29) is 23.4 Å². The largest absolute Gasteiger partial charge is 0.443 e. The number of benzene rings is 1. The van der Waals surface area contributed by atoms with E-state index in [4.69, 9.17) is 9.15 Å². The molecule has 1 aliphatic carbocycles. The number of rotatable bonds is 6. The first-order chi connectivity index (χ1) is 14.4. The molecule has 2 aromatic rings. The number of aromatic nitrogens is 1. The number of anilines is 1. The number of hydrogen-bond donors (Lipinski definition) is 2. The highest BCUT2D eigenvalue weighted by atomic mass is 16.5. The molecule has 7 heteroatoms. The van der Waals surface area contributed by atoms with Crippen molar-refractivity contribution in [1.29, 1.82) is 0 Å².